The summed E-state index contributed by atoms with van der Waals surface area (Å²) >= 11 is 0. The fraction of sp³-hybridized carbons (Fsp3) is 0.556. The van der Waals surface area contributed by atoms with Crippen LogP contribution < -0.4 is 0 Å². The van der Waals surface area contributed by atoms with E-state index in [1.807, 2.05) is 6.07 Å². The second-order valence-electron chi connectivity index (χ2n) is 2.95. The highest BCUT2D eigenvalue weighted by atomic mass is 16.7. The normalized spacial score (nSPS) is 28.1. The third-order valence-electron chi connectivity index (χ3n) is 1.98. The number of hydrogen-bond donors (Lipinski definition) is 1. The molecule has 0 aliphatic carbocycles. The van der Waals surface area contributed by atoms with Crippen LogP contribution in [0.1, 0.15) is 18.5 Å². The molecule has 4 nitrogen and oxygen atoms in total. The third kappa shape index (κ3) is 1.91. The Balaban J connectivity index is 1.91. The summed E-state index contributed by atoms with van der Waals surface area (Å²) < 4.78 is 15.9. The number of rotatable bonds is 3. The monoisotopic (exact) mass is 184 g/mol. The number of hydrogen-bond acceptors (Lipinski definition) is 4. The molecule has 0 bridgehead atoms. The van der Waals surface area contributed by atoms with Crippen LogP contribution in [-0.4, -0.2) is 24.4 Å². The average molecular weight is 184 g/mol. The molecule has 2 heterocycles. The molecule has 13 heavy (non-hydrogen) atoms. The van der Waals surface area contributed by atoms with Gasteiger partial charge in [0.1, 0.15) is 0 Å². The molecule has 0 amide bonds. The molecule has 2 unspecified atom stereocenters. The summed E-state index contributed by atoms with van der Waals surface area (Å²) in [4.78, 5) is 0. The second-order valence-corrected chi connectivity index (χ2v) is 2.95. The Labute approximate surface area is 76.1 Å². The smallest absolute Gasteiger partial charge is 0.217 e. The van der Waals surface area contributed by atoms with Crippen molar-refractivity contribution in [3.05, 3.63) is 24.2 Å². The van der Waals surface area contributed by atoms with E-state index < -0.39 is 6.29 Å². The van der Waals surface area contributed by atoms with Gasteiger partial charge in [0.05, 0.1) is 19.0 Å². The molecule has 2 rings (SSSR count). The van der Waals surface area contributed by atoms with Gasteiger partial charge < -0.3 is 19.0 Å². The lowest BCUT2D eigenvalue weighted by Gasteiger charge is -2.07. The Kier molecular flexibility index (Phi) is 2.63. The van der Waals surface area contributed by atoms with Crippen molar-refractivity contribution in [3.63, 3.8) is 0 Å². The number of aliphatic hydroxyl groups excluding tert-OH is 1. The zero-order valence-corrected chi connectivity index (χ0v) is 7.18. The minimum atomic E-state index is -0.397. The minimum Gasteiger partial charge on any atom is -0.464 e. The van der Waals surface area contributed by atoms with E-state index in [9.17, 15) is 0 Å². The van der Waals surface area contributed by atoms with Crippen LogP contribution in [0.5, 0.6) is 0 Å². The molecular formula is C9H12O4. The Bertz CT molecular complexity index is 244. The summed E-state index contributed by atoms with van der Waals surface area (Å²) in [6.45, 7) is 0.644. The largest absolute Gasteiger partial charge is 0.464 e. The third-order valence-corrected chi connectivity index (χ3v) is 1.98. The average Bonchev–Trinajstić information content (AvgIpc) is 2.70. The minimum absolute atomic E-state index is 0.0138. The maximum atomic E-state index is 8.68. The lowest BCUT2D eigenvalue weighted by atomic mass is 10.3. The van der Waals surface area contributed by atoms with Crippen molar-refractivity contribution in [1.82, 2.24) is 0 Å². The summed E-state index contributed by atoms with van der Waals surface area (Å²) in [7, 11) is 0. The summed E-state index contributed by atoms with van der Waals surface area (Å²) in [5.74, 6) is 0.681. The summed E-state index contributed by atoms with van der Waals surface area (Å²) in [6, 6.07) is 3.60. The van der Waals surface area contributed by atoms with Crippen molar-refractivity contribution in [2.75, 3.05) is 13.2 Å². The lowest BCUT2D eigenvalue weighted by molar-refractivity contribution is -0.0760. The van der Waals surface area contributed by atoms with Crippen molar-refractivity contribution >= 4 is 0 Å². The van der Waals surface area contributed by atoms with Crippen LogP contribution in [-0.2, 0) is 9.47 Å². The molecule has 1 aromatic rings. The first-order chi connectivity index (χ1) is 6.40. The maximum absolute atomic E-state index is 8.68. The molecule has 72 valence electrons. The molecule has 1 saturated heterocycles. The first-order valence-corrected chi connectivity index (χ1v) is 4.31. The number of ether oxygens (including phenoxy) is 2. The molecule has 1 aliphatic rings. The Morgan fingerprint density at radius 3 is 3.15 bits per heavy atom. The lowest BCUT2D eigenvalue weighted by Crippen LogP contribution is -2.11. The fourth-order valence-corrected chi connectivity index (χ4v) is 1.32. The predicted octanol–water partition coefficient (Wildman–Crippen LogP) is 1.08. The van der Waals surface area contributed by atoms with E-state index in [0.29, 0.717) is 18.8 Å². The van der Waals surface area contributed by atoms with Crippen LogP contribution in [0.25, 0.3) is 0 Å². The molecule has 0 spiro atoms. The van der Waals surface area contributed by atoms with Crippen LogP contribution in [0.15, 0.2) is 22.8 Å². The quantitative estimate of drug-likeness (QED) is 0.763. The van der Waals surface area contributed by atoms with Gasteiger partial charge in [0, 0.05) is 6.61 Å². The highest BCUT2D eigenvalue weighted by Crippen LogP contribution is 2.27. The molecule has 1 aromatic heterocycles. The predicted molar refractivity (Wildman–Crippen MR) is 44.0 cm³/mol. The molecule has 0 aromatic carbocycles. The van der Waals surface area contributed by atoms with Gasteiger partial charge >= 0.3 is 0 Å². The first kappa shape index (κ1) is 8.74. The summed E-state index contributed by atoms with van der Waals surface area (Å²) in [5.41, 5.74) is 0. The maximum Gasteiger partial charge on any atom is 0.217 e. The second kappa shape index (κ2) is 3.91. The number of furan rings is 1. The SMILES string of the molecule is OCCC1COC(c2ccco2)O1. The van der Waals surface area contributed by atoms with Gasteiger partial charge in [-0.1, -0.05) is 0 Å². The van der Waals surface area contributed by atoms with Gasteiger partial charge in [0.2, 0.25) is 6.29 Å². The Morgan fingerprint density at radius 1 is 1.54 bits per heavy atom. The van der Waals surface area contributed by atoms with Gasteiger partial charge in [0.25, 0.3) is 0 Å². The molecule has 1 N–H and O–H groups in total. The molecule has 1 fully saturated rings. The van der Waals surface area contributed by atoms with Crippen LogP contribution in [0.3, 0.4) is 0 Å². The molecule has 1 aliphatic heterocycles. The van der Waals surface area contributed by atoms with E-state index in [2.05, 4.69) is 0 Å². The zero-order valence-electron chi connectivity index (χ0n) is 7.18. The topological polar surface area (TPSA) is 51.8 Å². The summed E-state index contributed by atoms with van der Waals surface area (Å²) in [6.07, 6.45) is 1.78. The molecule has 4 heteroatoms. The van der Waals surface area contributed by atoms with Crippen molar-refractivity contribution in [2.45, 2.75) is 18.8 Å². The molecular weight excluding hydrogens is 172 g/mol. The van der Waals surface area contributed by atoms with E-state index in [1.54, 1.807) is 12.3 Å². The van der Waals surface area contributed by atoms with E-state index >= 15 is 0 Å². The van der Waals surface area contributed by atoms with Crippen LogP contribution in [0.4, 0.5) is 0 Å². The molecule has 0 radical (unpaired) electrons. The molecule has 2 atom stereocenters. The van der Waals surface area contributed by atoms with Gasteiger partial charge in [-0.05, 0) is 18.6 Å². The Morgan fingerprint density at radius 2 is 2.46 bits per heavy atom. The van der Waals surface area contributed by atoms with E-state index in [0.717, 1.165) is 0 Å². The zero-order chi connectivity index (χ0) is 9.10. The van der Waals surface area contributed by atoms with Crippen molar-refractivity contribution in [1.29, 1.82) is 0 Å². The van der Waals surface area contributed by atoms with Gasteiger partial charge in [-0.3, -0.25) is 0 Å². The van der Waals surface area contributed by atoms with E-state index in [4.69, 9.17) is 19.0 Å². The highest BCUT2D eigenvalue weighted by molar-refractivity contribution is 5.00. The van der Waals surface area contributed by atoms with Crippen LogP contribution in [0.2, 0.25) is 0 Å². The van der Waals surface area contributed by atoms with Gasteiger partial charge in [-0.25, -0.2) is 0 Å². The highest BCUT2D eigenvalue weighted by Gasteiger charge is 2.28. The fourth-order valence-electron chi connectivity index (χ4n) is 1.32. The van der Waals surface area contributed by atoms with E-state index in [-0.39, 0.29) is 12.7 Å². The van der Waals surface area contributed by atoms with E-state index in [1.165, 1.54) is 0 Å². The van der Waals surface area contributed by atoms with Gasteiger partial charge in [-0.15, -0.1) is 0 Å². The Hall–Kier alpha value is -0.840. The van der Waals surface area contributed by atoms with Crippen LogP contribution >= 0.6 is 0 Å². The number of aliphatic hydroxyl groups is 1. The summed E-state index contributed by atoms with van der Waals surface area (Å²) in [5, 5.41) is 8.68. The van der Waals surface area contributed by atoms with Crippen molar-refractivity contribution in [3.8, 4) is 0 Å². The van der Waals surface area contributed by atoms with Crippen molar-refractivity contribution in [2.24, 2.45) is 0 Å². The standard InChI is InChI=1S/C9H12O4/c10-4-3-7-6-12-9(13-7)8-2-1-5-11-8/h1-2,5,7,9-10H,3-4,6H2. The van der Waals surface area contributed by atoms with Gasteiger partial charge in [-0.2, -0.15) is 0 Å². The van der Waals surface area contributed by atoms with Crippen molar-refractivity contribution < 1.29 is 19.0 Å². The van der Waals surface area contributed by atoms with Crippen LogP contribution in [0, 0.1) is 0 Å². The first-order valence-electron chi connectivity index (χ1n) is 4.31. The van der Waals surface area contributed by atoms with Gasteiger partial charge in [0.15, 0.2) is 5.76 Å². The molecule has 0 saturated carbocycles.